The average molecular weight is 410 g/mol. The molecular formula is C18H23N3O4S2. The van der Waals surface area contributed by atoms with Crippen LogP contribution in [0.5, 0.6) is 0 Å². The Morgan fingerprint density at radius 1 is 1.15 bits per heavy atom. The fraction of sp³-hybridized carbons (Fsp3) is 0.444. The molecule has 2 heterocycles. The predicted molar refractivity (Wildman–Crippen MR) is 103 cm³/mol. The second-order valence-electron chi connectivity index (χ2n) is 6.35. The van der Waals surface area contributed by atoms with Crippen LogP contribution in [0.1, 0.15) is 17.9 Å². The highest BCUT2D eigenvalue weighted by molar-refractivity contribution is 7.99. The summed E-state index contributed by atoms with van der Waals surface area (Å²) in [5, 5.41) is 3.73. The van der Waals surface area contributed by atoms with Gasteiger partial charge in [-0.2, -0.15) is 4.31 Å². The number of amides is 1. The SMILES string of the molecule is Cc1noc(C)c1S(=O)(=O)N1CCN(C(=O)CCSc2ccccc2)CC1. The van der Waals surface area contributed by atoms with Gasteiger partial charge in [-0.3, -0.25) is 4.79 Å². The Bertz CT molecular complexity index is 869. The van der Waals surface area contributed by atoms with Gasteiger partial charge >= 0.3 is 0 Å². The molecule has 1 aliphatic heterocycles. The molecular weight excluding hydrogens is 386 g/mol. The first-order chi connectivity index (χ1) is 12.9. The largest absolute Gasteiger partial charge is 0.360 e. The van der Waals surface area contributed by atoms with E-state index in [1.165, 1.54) is 4.31 Å². The van der Waals surface area contributed by atoms with Crippen molar-refractivity contribution in [1.29, 1.82) is 0 Å². The van der Waals surface area contributed by atoms with Crippen molar-refractivity contribution in [1.82, 2.24) is 14.4 Å². The first kappa shape index (κ1) is 19.9. The minimum atomic E-state index is -3.65. The molecule has 2 aromatic rings. The quantitative estimate of drug-likeness (QED) is 0.681. The van der Waals surface area contributed by atoms with Crippen LogP contribution in [0.2, 0.25) is 0 Å². The number of thioether (sulfide) groups is 1. The molecule has 0 bridgehead atoms. The second-order valence-corrected chi connectivity index (χ2v) is 9.39. The molecule has 1 aromatic heterocycles. The van der Waals surface area contributed by atoms with Gasteiger partial charge in [0.1, 0.15) is 10.6 Å². The molecule has 1 aliphatic rings. The maximum absolute atomic E-state index is 12.8. The molecule has 0 N–H and O–H groups in total. The lowest BCUT2D eigenvalue weighted by Crippen LogP contribution is -2.50. The van der Waals surface area contributed by atoms with Crippen LogP contribution in [0, 0.1) is 13.8 Å². The summed E-state index contributed by atoms with van der Waals surface area (Å²) in [4.78, 5) is 15.4. The molecule has 9 heteroatoms. The minimum Gasteiger partial charge on any atom is -0.360 e. The molecule has 0 radical (unpaired) electrons. The average Bonchev–Trinajstić information content (AvgIpc) is 3.01. The number of nitrogens with zero attached hydrogens (tertiary/aromatic N) is 3. The lowest BCUT2D eigenvalue weighted by atomic mass is 10.3. The number of benzene rings is 1. The maximum atomic E-state index is 12.8. The van der Waals surface area contributed by atoms with Gasteiger partial charge in [0, 0.05) is 43.2 Å². The zero-order valence-corrected chi connectivity index (χ0v) is 17.1. The van der Waals surface area contributed by atoms with Crippen molar-refractivity contribution in [3.05, 3.63) is 41.8 Å². The Morgan fingerprint density at radius 2 is 1.81 bits per heavy atom. The van der Waals surface area contributed by atoms with Gasteiger partial charge in [0.05, 0.1) is 0 Å². The van der Waals surface area contributed by atoms with Crippen molar-refractivity contribution in [3.8, 4) is 0 Å². The number of aromatic nitrogens is 1. The third-order valence-electron chi connectivity index (χ3n) is 4.48. The fourth-order valence-electron chi connectivity index (χ4n) is 3.08. The first-order valence-electron chi connectivity index (χ1n) is 8.78. The molecule has 0 unspecified atom stereocenters. The van der Waals surface area contributed by atoms with E-state index in [4.69, 9.17) is 4.52 Å². The molecule has 1 fully saturated rings. The highest BCUT2D eigenvalue weighted by atomic mass is 32.2. The minimum absolute atomic E-state index is 0.0628. The molecule has 0 atom stereocenters. The zero-order chi connectivity index (χ0) is 19.4. The van der Waals surface area contributed by atoms with Crippen LogP contribution in [-0.4, -0.2) is 60.6 Å². The van der Waals surface area contributed by atoms with E-state index in [0.717, 1.165) is 4.90 Å². The van der Waals surface area contributed by atoms with E-state index in [0.29, 0.717) is 36.7 Å². The smallest absolute Gasteiger partial charge is 0.248 e. The van der Waals surface area contributed by atoms with Crippen molar-refractivity contribution in [2.75, 3.05) is 31.9 Å². The molecule has 146 valence electrons. The Labute approximate surface area is 163 Å². The van der Waals surface area contributed by atoms with Crippen LogP contribution in [0.4, 0.5) is 0 Å². The number of aryl methyl sites for hydroxylation is 2. The lowest BCUT2D eigenvalue weighted by molar-refractivity contribution is -0.131. The van der Waals surface area contributed by atoms with Crippen LogP contribution < -0.4 is 0 Å². The number of hydrogen-bond donors (Lipinski definition) is 0. The standard InChI is InChI=1S/C18H23N3O4S2/c1-14-18(15(2)25-19-14)27(23,24)21-11-9-20(10-12-21)17(22)8-13-26-16-6-4-3-5-7-16/h3-7H,8-13H2,1-2H3. The number of piperazine rings is 1. The summed E-state index contributed by atoms with van der Waals surface area (Å²) in [5.41, 5.74) is 0.365. The topological polar surface area (TPSA) is 83.7 Å². The number of sulfonamides is 1. The number of carbonyl (C=O) groups excluding carboxylic acids is 1. The van der Waals surface area contributed by atoms with Gasteiger partial charge in [-0.15, -0.1) is 11.8 Å². The Hall–Kier alpha value is -1.84. The van der Waals surface area contributed by atoms with Crippen molar-refractivity contribution in [2.24, 2.45) is 0 Å². The second kappa shape index (κ2) is 8.45. The van der Waals surface area contributed by atoms with Crippen molar-refractivity contribution in [2.45, 2.75) is 30.1 Å². The van der Waals surface area contributed by atoms with E-state index in [-0.39, 0.29) is 23.9 Å². The molecule has 1 amide bonds. The van der Waals surface area contributed by atoms with Crippen LogP contribution in [0.25, 0.3) is 0 Å². The Morgan fingerprint density at radius 3 is 2.41 bits per heavy atom. The third kappa shape index (κ3) is 4.53. The van der Waals surface area contributed by atoms with Crippen LogP contribution in [0.15, 0.2) is 44.6 Å². The van der Waals surface area contributed by atoms with Crippen molar-refractivity contribution >= 4 is 27.7 Å². The van der Waals surface area contributed by atoms with E-state index < -0.39 is 10.0 Å². The predicted octanol–water partition coefficient (Wildman–Crippen LogP) is 2.31. The fourth-order valence-corrected chi connectivity index (χ4v) is 5.66. The molecule has 7 nitrogen and oxygen atoms in total. The molecule has 0 saturated carbocycles. The molecule has 1 saturated heterocycles. The lowest BCUT2D eigenvalue weighted by Gasteiger charge is -2.34. The summed E-state index contributed by atoms with van der Waals surface area (Å²) in [6, 6.07) is 9.96. The molecule has 3 rings (SSSR count). The van der Waals surface area contributed by atoms with Gasteiger partial charge in [-0.25, -0.2) is 8.42 Å². The van der Waals surface area contributed by atoms with Gasteiger partial charge < -0.3 is 9.42 Å². The van der Waals surface area contributed by atoms with Crippen LogP contribution in [-0.2, 0) is 14.8 Å². The van der Waals surface area contributed by atoms with Crippen LogP contribution in [0.3, 0.4) is 0 Å². The van der Waals surface area contributed by atoms with Gasteiger partial charge in [-0.1, -0.05) is 23.4 Å². The summed E-state index contributed by atoms with van der Waals surface area (Å²) < 4.78 is 32.0. The summed E-state index contributed by atoms with van der Waals surface area (Å²) >= 11 is 1.65. The van der Waals surface area contributed by atoms with Crippen LogP contribution >= 0.6 is 11.8 Å². The summed E-state index contributed by atoms with van der Waals surface area (Å²) in [5.74, 6) is 1.07. The molecule has 27 heavy (non-hydrogen) atoms. The number of hydrogen-bond acceptors (Lipinski definition) is 6. The van der Waals surface area contributed by atoms with Gasteiger partial charge in [-0.05, 0) is 26.0 Å². The molecule has 1 aromatic carbocycles. The normalized spacial score (nSPS) is 15.9. The maximum Gasteiger partial charge on any atom is 0.248 e. The van der Waals surface area contributed by atoms with E-state index >= 15 is 0 Å². The highest BCUT2D eigenvalue weighted by Gasteiger charge is 2.34. The monoisotopic (exact) mass is 409 g/mol. The van der Waals surface area contributed by atoms with E-state index in [2.05, 4.69) is 5.16 Å². The van der Waals surface area contributed by atoms with Crippen molar-refractivity contribution < 1.29 is 17.7 Å². The van der Waals surface area contributed by atoms with E-state index in [1.807, 2.05) is 30.3 Å². The highest BCUT2D eigenvalue weighted by Crippen LogP contribution is 2.24. The number of carbonyl (C=O) groups is 1. The molecule has 0 aliphatic carbocycles. The Balaban J connectivity index is 1.52. The van der Waals surface area contributed by atoms with Gasteiger partial charge in [0.15, 0.2) is 5.76 Å². The van der Waals surface area contributed by atoms with Crippen molar-refractivity contribution in [3.63, 3.8) is 0 Å². The summed E-state index contributed by atoms with van der Waals surface area (Å²) in [6.07, 6.45) is 0.441. The molecule has 0 spiro atoms. The summed E-state index contributed by atoms with van der Waals surface area (Å²) in [7, 11) is -3.65. The number of rotatable bonds is 6. The van der Waals surface area contributed by atoms with Gasteiger partial charge in [0.2, 0.25) is 15.9 Å². The van der Waals surface area contributed by atoms with E-state index in [1.54, 1.807) is 30.5 Å². The Kier molecular flexibility index (Phi) is 6.23. The third-order valence-corrected chi connectivity index (χ3v) is 7.64. The zero-order valence-electron chi connectivity index (χ0n) is 15.4. The van der Waals surface area contributed by atoms with Gasteiger partial charge in [0.25, 0.3) is 0 Å². The van der Waals surface area contributed by atoms with E-state index in [9.17, 15) is 13.2 Å². The first-order valence-corrected chi connectivity index (χ1v) is 11.2. The summed E-state index contributed by atoms with van der Waals surface area (Å²) in [6.45, 7) is 4.58.